The maximum atomic E-state index is 4.72. The number of nitrogens with zero attached hydrogens (tertiary/aromatic N) is 3. The van der Waals surface area contributed by atoms with Crippen LogP contribution in [0.3, 0.4) is 0 Å². The minimum atomic E-state index is 0.660. The van der Waals surface area contributed by atoms with E-state index in [1.807, 2.05) is 18.3 Å². The molecule has 0 radical (unpaired) electrons. The molecule has 1 aliphatic heterocycles. The summed E-state index contributed by atoms with van der Waals surface area (Å²) in [5, 5.41) is 0. The molecule has 0 aliphatic carbocycles. The van der Waals surface area contributed by atoms with Crippen LogP contribution < -0.4 is 4.90 Å². The van der Waals surface area contributed by atoms with Gasteiger partial charge in [0.15, 0.2) is 0 Å². The molecule has 108 valence electrons. The molecule has 1 aliphatic rings. The number of imidazole rings is 2. The molecule has 3 heterocycles. The molecule has 0 saturated carbocycles. The van der Waals surface area contributed by atoms with E-state index in [0.29, 0.717) is 5.92 Å². The first kappa shape index (κ1) is 12.4. The highest BCUT2D eigenvalue weighted by atomic mass is 15.3. The van der Waals surface area contributed by atoms with Gasteiger partial charge in [-0.05, 0) is 37.3 Å². The van der Waals surface area contributed by atoms with Crippen LogP contribution in [-0.4, -0.2) is 33.0 Å². The van der Waals surface area contributed by atoms with Crippen LogP contribution in [-0.2, 0) is 6.42 Å². The minimum absolute atomic E-state index is 0.660. The van der Waals surface area contributed by atoms with E-state index in [1.165, 1.54) is 18.5 Å². The molecule has 1 saturated heterocycles. The van der Waals surface area contributed by atoms with Gasteiger partial charge < -0.3 is 14.9 Å². The van der Waals surface area contributed by atoms with Crippen LogP contribution >= 0.6 is 0 Å². The standard InChI is InChI=1S/C16H19N5/c1-2-6-15-14(5-1)19-16(20-15)21-7-3-4-12(10-21)8-13-9-17-11-18-13/h1-2,5-6,9,11-12H,3-4,7-8,10H2,(H,17,18)(H,19,20). The summed E-state index contributed by atoms with van der Waals surface area (Å²) in [4.78, 5) is 17.9. The Morgan fingerprint density at radius 3 is 3.10 bits per heavy atom. The predicted molar refractivity (Wildman–Crippen MR) is 83.3 cm³/mol. The second kappa shape index (κ2) is 5.24. The van der Waals surface area contributed by atoms with Crippen molar-refractivity contribution in [3.8, 4) is 0 Å². The first-order valence-corrected chi connectivity index (χ1v) is 7.55. The average molecular weight is 281 g/mol. The van der Waals surface area contributed by atoms with Crippen LogP contribution in [0.2, 0.25) is 0 Å². The first-order chi connectivity index (χ1) is 10.4. The van der Waals surface area contributed by atoms with Gasteiger partial charge in [-0.2, -0.15) is 0 Å². The van der Waals surface area contributed by atoms with Crippen LogP contribution in [0.25, 0.3) is 11.0 Å². The number of anilines is 1. The monoisotopic (exact) mass is 281 g/mol. The summed E-state index contributed by atoms with van der Waals surface area (Å²) in [7, 11) is 0. The first-order valence-electron chi connectivity index (χ1n) is 7.55. The number of hydrogen-bond acceptors (Lipinski definition) is 3. The van der Waals surface area contributed by atoms with E-state index in [-0.39, 0.29) is 0 Å². The largest absolute Gasteiger partial charge is 0.348 e. The Morgan fingerprint density at radius 1 is 1.29 bits per heavy atom. The molecular formula is C16H19N5. The predicted octanol–water partition coefficient (Wildman–Crippen LogP) is 2.75. The molecule has 3 aromatic rings. The normalized spacial score (nSPS) is 19.2. The number of rotatable bonds is 3. The third-order valence-corrected chi connectivity index (χ3v) is 4.26. The van der Waals surface area contributed by atoms with Gasteiger partial charge in [-0.15, -0.1) is 0 Å². The fourth-order valence-electron chi connectivity index (χ4n) is 3.22. The number of hydrogen-bond donors (Lipinski definition) is 2. The van der Waals surface area contributed by atoms with Crippen LogP contribution in [0.1, 0.15) is 18.5 Å². The maximum Gasteiger partial charge on any atom is 0.203 e. The zero-order valence-electron chi connectivity index (χ0n) is 11.9. The van der Waals surface area contributed by atoms with E-state index in [9.17, 15) is 0 Å². The van der Waals surface area contributed by atoms with Gasteiger partial charge in [-0.25, -0.2) is 9.97 Å². The van der Waals surface area contributed by atoms with Gasteiger partial charge in [0.05, 0.1) is 17.4 Å². The van der Waals surface area contributed by atoms with Crippen molar-refractivity contribution in [2.45, 2.75) is 19.3 Å². The van der Waals surface area contributed by atoms with Crippen molar-refractivity contribution in [2.75, 3.05) is 18.0 Å². The third kappa shape index (κ3) is 2.51. The highest BCUT2D eigenvalue weighted by Gasteiger charge is 2.22. The van der Waals surface area contributed by atoms with Gasteiger partial charge in [-0.3, -0.25) is 0 Å². The lowest BCUT2D eigenvalue weighted by atomic mass is 9.94. The van der Waals surface area contributed by atoms with E-state index < -0.39 is 0 Å². The molecule has 0 spiro atoms. The van der Waals surface area contributed by atoms with Crippen LogP contribution in [0, 0.1) is 5.92 Å². The molecule has 1 aromatic carbocycles. The van der Waals surface area contributed by atoms with Crippen LogP contribution in [0.15, 0.2) is 36.8 Å². The molecule has 2 N–H and O–H groups in total. The molecule has 1 unspecified atom stereocenters. The van der Waals surface area contributed by atoms with Gasteiger partial charge >= 0.3 is 0 Å². The Bertz CT molecular complexity index is 682. The van der Waals surface area contributed by atoms with Gasteiger partial charge in [0.1, 0.15) is 0 Å². The second-order valence-electron chi connectivity index (χ2n) is 5.81. The van der Waals surface area contributed by atoms with Crippen molar-refractivity contribution >= 4 is 17.0 Å². The number of H-pyrrole nitrogens is 2. The van der Waals surface area contributed by atoms with Gasteiger partial charge in [0.2, 0.25) is 5.95 Å². The Kier molecular flexibility index (Phi) is 3.10. The summed E-state index contributed by atoms with van der Waals surface area (Å²) in [5.74, 6) is 1.66. The van der Waals surface area contributed by atoms with E-state index in [2.05, 4.69) is 32.0 Å². The fourth-order valence-corrected chi connectivity index (χ4v) is 3.22. The molecule has 5 heteroatoms. The molecule has 1 fully saturated rings. The fraction of sp³-hybridized carbons (Fsp3) is 0.375. The average Bonchev–Trinajstić information content (AvgIpc) is 3.16. The molecule has 5 nitrogen and oxygen atoms in total. The number of nitrogens with one attached hydrogen (secondary N) is 2. The molecule has 21 heavy (non-hydrogen) atoms. The Labute approximate surface area is 123 Å². The summed E-state index contributed by atoms with van der Waals surface area (Å²) in [6.07, 6.45) is 7.25. The minimum Gasteiger partial charge on any atom is -0.348 e. The lowest BCUT2D eigenvalue weighted by Gasteiger charge is -2.32. The number of piperidine rings is 1. The van der Waals surface area contributed by atoms with Crippen molar-refractivity contribution in [1.82, 2.24) is 19.9 Å². The summed E-state index contributed by atoms with van der Waals surface area (Å²) in [5.41, 5.74) is 3.39. The summed E-state index contributed by atoms with van der Waals surface area (Å²) >= 11 is 0. The SMILES string of the molecule is c1ccc2[nH]c(N3CCCC(Cc4cnc[nH]4)C3)nc2c1. The third-order valence-electron chi connectivity index (χ3n) is 4.26. The molecule has 4 rings (SSSR count). The number of benzene rings is 1. The summed E-state index contributed by atoms with van der Waals surface area (Å²) in [6, 6.07) is 8.21. The highest BCUT2D eigenvalue weighted by molar-refractivity contribution is 5.77. The molecule has 0 amide bonds. The Balaban J connectivity index is 1.52. The zero-order chi connectivity index (χ0) is 14.1. The molecule has 0 bridgehead atoms. The lowest BCUT2D eigenvalue weighted by molar-refractivity contribution is 0.407. The lowest BCUT2D eigenvalue weighted by Crippen LogP contribution is -2.36. The molecular weight excluding hydrogens is 262 g/mol. The van der Waals surface area contributed by atoms with E-state index in [4.69, 9.17) is 4.98 Å². The maximum absolute atomic E-state index is 4.72. The topological polar surface area (TPSA) is 60.6 Å². The number of aromatic nitrogens is 4. The van der Waals surface area contributed by atoms with Crippen molar-refractivity contribution in [2.24, 2.45) is 5.92 Å². The molecule has 2 aromatic heterocycles. The van der Waals surface area contributed by atoms with Gasteiger partial charge in [0, 0.05) is 25.0 Å². The number of fused-ring (bicyclic) bond motifs is 1. The quantitative estimate of drug-likeness (QED) is 0.776. The Hall–Kier alpha value is -2.30. The van der Waals surface area contributed by atoms with Gasteiger partial charge in [-0.1, -0.05) is 12.1 Å². The highest BCUT2D eigenvalue weighted by Crippen LogP contribution is 2.25. The number of para-hydroxylation sites is 2. The van der Waals surface area contributed by atoms with E-state index >= 15 is 0 Å². The summed E-state index contributed by atoms with van der Waals surface area (Å²) < 4.78 is 0. The van der Waals surface area contributed by atoms with E-state index in [1.54, 1.807) is 6.33 Å². The summed E-state index contributed by atoms with van der Waals surface area (Å²) in [6.45, 7) is 2.14. The number of aromatic amines is 2. The Morgan fingerprint density at radius 2 is 2.24 bits per heavy atom. The molecule has 1 atom stereocenters. The van der Waals surface area contributed by atoms with Crippen molar-refractivity contribution in [1.29, 1.82) is 0 Å². The van der Waals surface area contributed by atoms with Crippen molar-refractivity contribution < 1.29 is 0 Å². The smallest absolute Gasteiger partial charge is 0.203 e. The van der Waals surface area contributed by atoms with Crippen LogP contribution in [0.5, 0.6) is 0 Å². The van der Waals surface area contributed by atoms with Crippen LogP contribution in [0.4, 0.5) is 5.95 Å². The zero-order valence-corrected chi connectivity index (χ0v) is 11.9. The van der Waals surface area contributed by atoms with E-state index in [0.717, 1.165) is 36.5 Å². The van der Waals surface area contributed by atoms with Crippen molar-refractivity contribution in [3.63, 3.8) is 0 Å². The van der Waals surface area contributed by atoms with Gasteiger partial charge in [0.25, 0.3) is 0 Å². The van der Waals surface area contributed by atoms with Crippen molar-refractivity contribution in [3.05, 3.63) is 42.5 Å². The second-order valence-corrected chi connectivity index (χ2v) is 5.81.